The van der Waals surface area contributed by atoms with Crippen LogP contribution in [0.25, 0.3) is 0 Å². The Morgan fingerprint density at radius 2 is 2.10 bits per heavy atom. The predicted molar refractivity (Wildman–Crippen MR) is 80.8 cm³/mol. The minimum Gasteiger partial charge on any atom is -0.372 e. The van der Waals surface area contributed by atoms with Crippen LogP contribution in [0.2, 0.25) is 5.02 Å². The van der Waals surface area contributed by atoms with Crippen molar-refractivity contribution < 1.29 is 8.42 Å². The van der Waals surface area contributed by atoms with E-state index in [9.17, 15) is 8.42 Å². The maximum atomic E-state index is 12.4. The zero-order valence-corrected chi connectivity index (χ0v) is 12.5. The van der Waals surface area contributed by atoms with Gasteiger partial charge in [0.05, 0.1) is 22.3 Å². The first kappa shape index (κ1) is 15.1. The number of pyridine rings is 1. The molecule has 6 nitrogen and oxygen atoms in total. The number of anilines is 2. The first-order chi connectivity index (χ1) is 9.97. The Kier molecular flexibility index (Phi) is 4.31. The Morgan fingerprint density at radius 1 is 1.33 bits per heavy atom. The minimum atomic E-state index is -3.84. The van der Waals surface area contributed by atoms with Gasteiger partial charge in [0.1, 0.15) is 10.7 Å². The van der Waals surface area contributed by atoms with E-state index in [-0.39, 0.29) is 21.4 Å². The van der Waals surface area contributed by atoms with Gasteiger partial charge in [-0.2, -0.15) is 5.26 Å². The van der Waals surface area contributed by atoms with Crippen LogP contribution in [0.15, 0.2) is 41.4 Å². The monoisotopic (exact) mass is 322 g/mol. The van der Waals surface area contributed by atoms with Gasteiger partial charge in [-0.15, -0.1) is 0 Å². The van der Waals surface area contributed by atoms with Crippen molar-refractivity contribution in [2.24, 2.45) is 0 Å². The summed E-state index contributed by atoms with van der Waals surface area (Å²) < 4.78 is 27.1. The normalized spacial score (nSPS) is 10.7. The molecule has 0 fully saturated rings. The van der Waals surface area contributed by atoms with Crippen LogP contribution in [0.1, 0.15) is 5.56 Å². The van der Waals surface area contributed by atoms with Crippen molar-refractivity contribution in [3.8, 4) is 6.07 Å². The highest BCUT2D eigenvalue weighted by Gasteiger charge is 2.20. The fraction of sp³-hybridized carbons (Fsp3) is 0.0769. The average molecular weight is 323 g/mol. The zero-order chi connectivity index (χ0) is 15.5. The van der Waals surface area contributed by atoms with Gasteiger partial charge in [-0.3, -0.25) is 4.72 Å². The van der Waals surface area contributed by atoms with Gasteiger partial charge in [-0.1, -0.05) is 11.6 Å². The molecule has 21 heavy (non-hydrogen) atoms. The summed E-state index contributed by atoms with van der Waals surface area (Å²) >= 11 is 5.97. The second-order valence-corrected chi connectivity index (χ2v) is 6.07. The number of nitriles is 1. The van der Waals surface area contributed by atoms with Gasteiger partial charge in [0, 0.05) is 13.2 Å². The Balaban J connectivity index is 2.41. The fourth-order valence-corrected chi connectivity index (χ4v) is 3.19. The quantitative estimate of drug-likeness (QED) is 0.901. The number of hydrogen-bond acceptors (Lipinski definition) is 5. The smallest absolute Gasteiger partial charge is 0.265 e. The van der Waals surface area contributed by atoms with Gasteiger partial charge in [0.2, 0.25) is 0 Å². The van der Waals surface area contributed by atoms with Crippen LogP contribution in [0.3, 0.4) is 0 Å². The molecule has 0 saturated carbocycles. The van der Waals surface area contributed by atoms with Crippen molar-refractivity contribution in [3.63, 3.8) is 0 Å². The van der Waals surface area contributed by atoms with Crippen LogP contribution in [-0.2, 0) is 10.0 Å². The molecule has 108 valence electrons. The molecule has 1 aromatic carbocycles. The van der Waals surface area contributed by atoms with E-state index in [1.54, 1.807) is 7.05 Å². The molecule has 0 spiro atoms. The molecular formula is C13H11ClN4O2S. The van der Waals surface area contributed by atoms with Crippen molar-refractivity contribution in [3.05, 3.63) is 47.1 Å². The SMILES string of the molecule is CNc1ncccc1S(=O)(=O)Nc1ccc(C#N)cc1Cl. The lowest BCUT2D eigenvalue weighted by atomic mass is 10.2. The number of aromatic nitrogens is 1. The number of rotatable bonds is 4. The second kappa shape index (κ2) is 5.99. The maximum absolute atomic E-state index is 12.4. The van der Waals surface area contributed by atoms with Crippen LogP contribution in [0.4, 0.5) is 11.5 Å². The van der Waals surface area contributed by atoms with E-state index in [0.29, 0.717) is 5.56 Å². The summed E-state index contributed by atoms with van der Waals surface area (Å²) in [5.41, 5.74) is 0.543. The molecule has 2 N–H and O–H groups in total. The highest BCUT2D eigenvalue weighted by Crippen LogP contribution is 2.27. The van der Waals surface area contributed by atoms with E-state index in [2.05, 4.69) is 15.0 Å². The van der Waals surface area contributed by atoms with E-state index in [4.69, 9.17) is 16.9 Å². The van der Waals surface area contributed by atoms with Gasteiger partial charge >= 0.3 is 0 Å². The maximum Gasteiger partial charge on any atom is 0.265 e. The van der Waals surface area contributed by atoms with Crippen LogP contribution < -0.4 is 10.0 Å². The summed E-state index contributed by atoms with van der Waals surface area (Å²) in [4.78, 5) is 3.96. The first-order valence-electron chi connectivity index (χ1n) is 5.83. The number of halogens is 1. The molecule has 8 heteroatoms. The third-order valence-electron chi connectivity index (χ3n) is 2.64. The van der Waals surface area contributed by atoms with E-state index in [1.165, 1.54) is 36.5 Å². The van der Waals surface area contributed by atoms with Crippen molar-refractivity contribution >= 4 is 33.1 Å². The number of hydrogen-bond donors (Lipinski definition) is 2. The summed E-state index contributed by atoms with van der Waals surface area (Å²) in [6, 6.07) is 9.19. The molecule has 0 aliphatic rings. The fourth-order valence-electron chi connectivity index (χ4n) is 1.66. The molecule has 2 rings (SSSR count). The van der Waals surface area contributed by atoms with Crippen molar-refractivity contribution in [2.45, 2.75) is 4.90 Å². The topological polar surface area (TPSA) is 94.9 Å². The third kappa shape index (κ3) is 3.24. The lowest BCUT2D eigenvalue weighted by molar-refractivity contribution is 0.601. The number of nitrogens with zero attached hydrogens (tertiary/aromatic N) is 2. The molecule has 0 aliphatic heterocycles. The summed E-state index contributed by atoms with van der Waals surface area (Å²) in [5.74, 6) is 0.231. The molecule has 0 radical (unpaired) electrons. The Morgan fingerprint density at radius 3 is 2.71 bits per heavy atom. The first-order valence-corrected chi connectivity index (χ1v) is 7.69. The van der Waals surface area contributed by atoms with E-state index in [1.807, 2.05) is 6.07 Å². The van der Waals surface area contributed by atoms with E-state index < -0.39 is 10.0 Å². The van der Waals surface area contributed by atoms with Gasteiger partial charge in [-0.05, 0) is 30.3 Å². The van der Waals surface area contributed by atoms with Gasteiger partial charge in [0.25, 0.3) is 10.0 Å². The number of sulfonamides is 1. The lowest BCUT2D eigenvalue weighted by Crippen LogP contribution is -2.15. The van der Waals surface area contributed by atoms with Gasteiger partial charge in [0.15, 0.2) is 0 Å². The molecule has 0 saturated heterocycles. The molecule has 0 aliphatic carbocycles. The highest BCUT2D eigenvalue weighted by molar-refractivity contribution is 7.92. The summed E-state index contributed by atoms with van der Waals surface area (Å²) in [6.07, 6.45) is 1.49. The number of benzene rings is 1. The van der Waals surface area contributed by atoms with Crippen LogP contribution in [-0.4, -0.2) is 20.4 Å². The zero-order valence-electron chi connectivity index (χ0n) is 11.0. The highest BCUT2D eigenvalue weighted by atomic mass is 35.5. The van der Waals surface area contributed by atoms with Gasteiger partial charge in [-0.25, -0.2) is 13.4 Å². The van der Waals surface area contributed by atoms with Crippen LogP contribution in [0, 0.1) is 11.3 Å². The van der Waals surface area contributed by atoms with E-state index >= 15 is 0 Å². The molecule has 1 heterocycles. The van der Waals surface area contributed by atoms with Crippen molar-refractivity contribution in [1.82, 2.24) is 4.98 Å². The number of nitrogens with one attached hydrogen (secondary N) is 2. The van der Waals surface area contributed by atoms with E-state index in [0.717, 1.165) is 0 Å². The Hall–Kier alpha value is -2.30. The summed E-state index contributed by atoms with van der Waals surface area (Å²) in [5, 5.41) is 11.6. The van der Waals surface area contributed by atoms with Crippen molar-refractivity contribution in [1.29, 1.82) is 5.26 Å². The molecule has 0 unspecified atom stereocenters. The van der Waals surface area contributed by atoms with Crippen LogP contribution >= 0.6 is 11.6 Å². The summed E-state index contributed by atoms with van der Waals surface area (Å²) in [7, 11) is -2.26. The average Bonchev–Trinajstić information content (AvgIpc) is 2.49. The Bertz CT molecular complexity index is 815. The lowest BCUT2D eigenvalue weighted by Gasteiger charge is -2.12. The molecular weight excluding hydrogens is 312 g/mol. The second-order valence-electron chi connectivity index (χ2n) is 4.01. The predicted octanol–water partition coefficient (Wildman–Crippen LogP) is 2.45. The molecule has 2 aromatic rings. The standard InChI is InChI=1S/C13H11ClN4O2S/c1-16-13-12(3-2-6-17-13)21(19,20)18-11-5-4-9(8-15)7-10(11)14/h2-7,18H,1H3,(H,16,17). The summed E-state index contributed by atoms with van der Waals surface area (Å²) in [6.45, 7) is 0. The van der Waals surface area contributed by atoms with Crippen molar-refractivity contribution in [2.75, 3.05) is 17.1 Å². The van der Waals surface area contributed by atoms with Gasteiger partial charge < -0.3 is 5.32 Å². The molecule has 0 bridgehead atoms. The third-order valence-corrected chi connectivity index (χ3v) is 4.35. The molecule has 1 aromatic heterocycles. The minimum absolute atomic E-state index is 0.00734. The molecule has 0 atom stereocenters. The molecule has 0 amide bonds. The van der Waals surface area contributed by atoms with Crippen LogP contribution in [0.5, 0.6) is 0 Å². The Labute approximate surface area is 127 Å². The largest absolute Gasteiger partial charge is 0.372 e.